The van der Waals surface area contributed by atoms with Crippen molar-refractivity contribution in [3.8, 4) is 0 Å². The van der Waals surface area contributed by atoms with Crippen molar-refractivity contribution in [2.75, 3.05) is 6.61 Å². The molecule has 2 heterocycles. The van der Waals surface area contributed by atoms with Crippen LogP contribution < -0.4 is 5.32 Å². The minimum atomic E-state index is -0.982. The van der Waals surface area contributed by atoms with Crippen LogP contribution in [0.25, 0.3) is 0 Å². The summed E-state index contributed by atoms with van der Waals surface area (Å²) in [5.74, 6) is -2.22. The molecule has 148 valence electrons. The molecule has 0 radical (unpaired) electrons. The zero-order valence-electron chi connectivity index (χ0n) is 15.4. The lowest BCUT2D eigenvalue weighted by molar-refractivity contribution is -0.179. The summed E-state index contributed by atoms with van der Waals surface area (Å²) >= 11 is 0. The van der Waals surface area contributed by atoms with Crippen LogP contribution in [0.4, 0.5) is 0 Å². The molecule has 0 saturated carbocycles. The molecule has 8 nitrogen and oxygen atoms in total. The molecular weight excluding hydrogens is 354 g/mol. The lowest BCUT2D eigenvalue weighted by atomic mass is 10.1. The molecule has 2 N–H and O–H groups in total. The van der Waals surface area contributed by atoms with Crippen molar-refractivity contribution in [1.29, 1.82) is 0 Å². The van der Waals surface area contributed by atoms with Gasteiger partial charge >= 0.3 is 11.9 Å². The third-order valence-electron chi connectivity index (χ3n) is 4.48. The summed E-state index contributed by atoms with van der Waals surface area (Å²) in [6, 6.07) is 8.47. The first-order valence-corrected chi connectivity index (χ1v) is 9.00. The molecule has 27 heavy (non-hydrogen) atoms. The highest BCUT2D eigenvalue weighted by atomic mass is 16.8. The second-order valence-electron chi connectivity index (χ2n) is 7.14. The van der Waals surface area contributed by atoms with Gasteiger partial charge in [0.1, 0.15) is 31.1 Å². The average Bonchev–Trinajstić information content (AvgIpc) is 3.12. The summed E-state index contributed by atoms with van der Waals surface area (Å²) in [5, 5.41) is 12.0. The molecule has 2 saturated heterocycles. The normalized spacial score (nSPS) is 27.1. The van der Waals surface area contributed by atoms with Crippen LogP contribution in [0, 0.1) is 0 Å². The van der Waals surface area contributed by atoms with E-state index in [9.17, 15) is 9.59 Å². The van der Waals surface area contributed by atoms with E-state index < -0.39 is 30.0 Å². The highest BCUT2D eigenvalue weighted by molar-refractivity contribution is 5.77. The largest absolute Gasteiger partial charge is 0.481 e. The number of carboxylic acids is 1. The fourth-order valence-electron chi connectivity index (χ4n) is 3.25. The van der Waals surface area contributed by atoms with Gasteiger partial charge < -0.3 is 24.1 Å². The Labute approximate surface area is 157 Å². The predicted octanol–water partition coefficient (Wildman–Crippen LogP) is 1.43. The zero-order chi connectivity index (χ0) is 19.4. The number of rotatable bonds is 8. The number of aliphatic carboxylic acids is 1. The number of esters is 1. The average molecular weight is 379 g/mol. The van der Waals surface area contributed by atoms with Gasteiger partial charge in [-0.2, -0.15) is 0 Å². The fraction of sp³-hybridized carbons (Fsp3) is 0.579. The van der Waals surface area contributed by atoms with Crippen LogP contribution in [0.15, 0.2) is 30.3 Å². The molecule has 2 fully saturated rings. The van der Waals surface area contributed by atoms with E-state index >= 15 is 0 Å². The molecule has 0 bridgehead atoms. The van der Waals surface area contributed by atoms with Crippen molar-refractivity contribution in [2.45, 2.75) is 63.6 Å². The molecule has 3 unspecified atom stereocenters. The Morgan fingerprint density at radius 3 is 2.74 bits per heavy atom. The summed E-state index contributed by atoms with van der Waals surface area (Å²) in [6.45, 7) is 4.10. The van der Waals surface area contributed by atoms with E-state index in [1.165, 1.54) is 0 Å². The second kappa shape index (κ2) is 8.35. The molecule has 2 aliphatic rings. The molecular formula is C19H25NO7. The van der Waals surface area contributed by atoms with Crippen LogP contribution in [0.5, 0.6) is 0 Å². The summed E-state index contributed by atoms with van der Waals surface area (Å²) in [7, 11) is 0. The van der Waals surface area contributed by atoms with E-state index in [1.54, 1.807) is 0 Å². The van der Waals surface area contributed by atoms with Gasteiger partial charge in [-0.05, 0) is 25.8 Å². The molecule has 0 spiro atoms. The third kappa shape index (κ3) is 5.26. The van der Waals surface area contributed by atoms with E-state index in [0.29, 0.717) is 6.61 Å². The van der Waals surface area contributed by atoms with Gasteiger partial charge in [0.25, 0.3) is 0 Å². The maximum atomic E-state index is 12.5. The summed E-state index contributed by atoms with van der Waals surface area (Å²) in [6.07, 6.45) is -1.24. The maximum Gasteiger partial charge on any atom is 0.323 e. The number of carbonyl (C=O) groups is 2. The van der Waals surface area contributed by atoms with Crippen LogP contribution >= 0.6 is 0 Å². The first-order valence-electron chi connectivity index (χ1n) is 9.00. The van der Waals surface area contributed by atoms with Crippen molar-refractivity contribution in [3.63, 3.8) is 0 Å². The van der Waals surface area contributed by atoms with E-state index in [-0.39, 0.29) is 31.7 Å². The molecule has 8 heteroatoms. The summed E-state index contributed by atoms with van der Waals surface area (Å²) in [5.41, 5.74) is 0.856. The number of fused-ring (bicyclic) bond motifs is 1. The number of carboxylic acid groups (broad SMARTS) is 1. The lowest BCUT2D eigenvalue weighted by Gasteiger charge is -2.25. The molecule has 2 aliphatic heterocycles. The lowest BCUT2D eigenvalue weighted by Crippen LogP contribution is -2.49. The van der Waals surface area contributed by atoms with Crippen LogP contribution in [0.2, 0.25) is 0 Å². The highest BCUT2D eigenvalue weighted by Gasteiger charge is 2.50. The topological polar surface area (TPSA) is 103 Å². The van der Waals surface area contributed by atoms with Crippen molar-refractivity contribution in [3.05, 3.63) is 35.9 Å². The third-order valence-corrected chi connectivity index (χ3v) is 4.48. The van der Waals surface area contributed by atoms with Gasteiger partial charge in [-0.25, -0.2) is 0 Å². The molecule has 1 aromatic rings. The van der Waals surface area contributed by atoms with E-state index in [1.807, 2.05) is 44.2 Å². The first-order chi connectivity index (χ1) is 12.8. The highest BCUT2D eigenvalue weighted by Crippen LogP contribution is 2.34. The van der Waals surface area contributed by atoms with Crippen molar-refractivity contribution in [1.82, 2.24) is 5.32 Å². The van der Waals surface area contributed by atoms with Crippen LogP contribution in [0.3, 0.4) is 0 Å². The van der Waals surface area contributed by atoms with Crippen molar-refractivity contribution < 1.29 is 33.6 Å². The molecule has 3 rings (SSSR count). The van der Waals surface area contributed by atoms with Gasteiger partial charge in [0.05, 0.1) is 6.61 Å². The monoisotopic (exact) mass is 379 g/mol. The molecule has 0 aliphatic carbocycles. The van der Waals surface area contributed by atoms with E-state index in [0.717, 1.165) is 5.56 Å². The van der Waals surface area contributed by atoms with Gasteiger partial charge in [0, 0.05) is 6.42 Å². The van der Waals surface area contributed by atoms with Gasteiger partial charge in [-0.1, -0.05) is 30.3 Å². The number of benzene rings is 1. The fourth-order valence-corrected chi connectivity index (χ4v) is 3.25. The van der Waals surface area contributed by atoms with Crippen molar-refractivity contribution >= 4 is 11.9 Å². The molecule has 1 aromatic carbocycles. The van der Waals surface area contributed by atoms with Gasteiger partial charge in [0.2, 0.25) is 0 Å². The molecule has 0 aromatic heterocycles. The standard InChI is InChI=1S/C19H25NO7/c1-19(2)26-14-11-24-17(16(14)27-19)20-13(8-9-15(21)22)18(23)25-10-12-6-4-3-5-7-12/h3-7,13-14,16-17,20H,8-11H2,1-2H3,(H,21,22)/t13-,14?,16?,17?/m0/s1. The number of carbonyl (C=O) groups excluding carboxylic acids is 1. The second-order valence-corrected chi connectivity index (χ2v) is 7.14. The van der Waals surface area contributed by atoms with Gasteiger partial charge in [-0.3, -0.25) is 14.9 Å². The Hall–Kier alpha value is -2.00. The van der Waals surface area contributed by atoms with Crippen LogP contribution in [0.1, 0.15) is 32.3 Å². The SMILES string of the molecule is CC1(C)OC2COC(N[C@@H](CCC(=O)O)C(=O)OCc3ccccc3)C2O1. The predicted molar refractivity (Wildman–Crippen MR) is 93.6 cm³/mol. The van der Waals surface area contributed by atoms with Crippen LogP contribution in [-0.2, 0) is 35.1 Å². The summed E-state index contributed by atoms with van der Waals surface area (Å²) < 4.78 is 22.6. The minimum Gasteiger partial charge on any atom is -0.481 e. The first kappa shape index (κ1) is 19.8. The zero-order valence-corrected chi connectivity index (χ0v) is 15.4. The number of nitrogens with one attached hydrogen (secondary N) is 1. The Kier molecular flexibility index (Phi) is 6.11. The van der Waals surface area contributed by atoms with Gasteiger partial charge in [0.15, 0.2) is 5.79 Å². The van der Waals surface area contributed by atoms with Gasteiger partial charge in [-0.15, -0.1) is 0 Å². The Bertz CT molecular complexity index is 663. The summed E-state index contributed by atoms with van der Waals surface area (Å²) in [4.78, 5) is 23.5. The molecule has 0 amide bonds. The van der Waals surface area contributed by atoms with E-state index in [2.05, 4.69) is 5.32 Å². The van der Waals surface area contributed by atoms with E-state index in [4.69, 9.17) is 24.1 Å². The number of ether oxygens (including phenoxy) is 4. The Morgan fingerprint density at radius 2 is 2.04 bits per heavy atom. The minimum absolute atomic E-state index is 0.0878. The van der Waals surface area contributed by atoms with Crippen LogP contribution in [-0.4, -0.2) is 53.9 Å². The van der Waals surface area contributed by atoms with Crippen molar-refractivity contribution in [2.24, 2.45) is 0 Å². The smallest absolute Gasteiger partial charge is 0.323 e. The number of hydrogen-bond acceptors (Lipinski definition) is 7. The number of hydrogen-bond donors (Lipinski definition) is 2. The quantitative estimate of drug-likeness (QED) is 0.654. The Morgan fingerprint density at radius 1 is 1.30 bits per heavy atom. The molecule has 4 atom stereocenters. The maximum absolute atomic E-state index is 12.5. The Balaban J connectivity index is 1.60.